The summed E-state index contributed by atoms with van der Waals surface area (Å²) in [4.78, 5) is 22.7. The molecule has 0 saturated heterocycles. The number of hydrogen-bond donors (Lipinski definition) is 0. The van der Waals surface area contributed by atoms with Gasteiger partial charge in [0.15, 0.2) is 11.3 Å². The summed E-state index contributed by atoms with van der Waals surface area (Å²) in [6.45, 7) is 2.42. The Morgan fingerprint density at radius 2 is 2.00 bits per heavy atom. The van der Waals surface area contributed by atoms with E-state index in [1.54, 1.807) is 12.1 Å². The minimum absolute atomic E-state index is 0.255. The molecule has 7 heteroatoms. The fraction of sp³-hybridized carbons (Fsp3) is 0.278. The SMILES string of the molecule is COC(=O)c1ccc2nc(C)n(Cc3ccc(N(C)C)cc3Cl)c2n1. The first-order valence-corrected chi connectivity index (χ1v) is 8.16. The number of rotatable bonds is 4. The van der Waals surface area contributed by atoms with Crippen LogP contribution in [-0.4, -0.2) is 41.7 Å². The molecule has 1 aromatic carbocycles. The summed E-state index contributed by atoms with van der Waals surface area (Å²) in [5.74, 6) is 0.331. The van der Waals surface area contributed by atoms with Gasteiger partial charge in [-0.05, 0) is 36.8 Å². The molecule has 0 unspecified atom stereocenters. The second-order valence-electron chi connectivity index (χ2n) is 5.95. The fourth-order valence-electron chi connectivity index (χ4n) is 2.64. The molecule has 0 aliphatic carbocycles. The maximum atomic E-state index is 11.7. The molecule has 0 fully saturated rings. The minimum Gasteiger partial charge on any atom is -0.464 e. The first kappa shape index (κ1) is 17.2. The smallest absolute Gasteiger partial charge is 0.356 e. The summed E-state index contributed by atoms with van der Waals surface area (Å²) in [7, 11) is 5.27. The van der Waals surface area contributed by atoms with Gasteiger partial charge < -0.3 is 14.2 Å². The van der Waals surface area contributed by atoms with Gasteiger partial charge in [0.25, 0.3) is 0 Å². The van der Waals surface area contributed by atoms with Crippen LogP contribution >= 0.6 is 11.6 Å². The second kappa shape index (κ2) is 6.72. The van der Waals surface area contributed by atoms with Crippen LogP contribution in [-0.2, 0) is 11.3 Å². The van der Waals surface area contributed by atoms with Crippen molar-refractivity contribution in [2.45, 2.75) is 13.5 Å². The van der Waals surface area contributed by atoms with E-state index in [9.17, 15) is 4.79 Å². The van der Waals surface area contributed by atoms with Gasteiger partial charge in [-0.3, -0.25) is 0 Å². The minimum atomic E-state index is -0.472. The highest BCUT2D eigenvalue weighted by Crippen LogP contribution is 2.25. The molecule has 2 heterocycles. The van der Waals surface area contributed by atoms with Crippen LogP contribution in [0.15, 0.2) is 30.3 Å². The van der Waals surface area contributed by atoms with E-state index < -0.39 is 5.97 Å². The third-order valence-corrected chi connectivity index (χ3v) is 4.41. The zero-order chi connectivity index (χ0) is 18.1. The van der Waals surface area contributed by atoms with Crippen molar-refractivity contribution in [2.75, 3.05) is 26.1 Å². The molecule has 6 nitrogen and oxygen atoms in total. The monoisotopic (exact) mass is 358 g/mol. The Balaban J connectivity index is 2.03. The summed E-state index contributed by atoms with van der Waals surface area (Å²) >= 11 is 6.44. The Labute approximate surface area is 151 Å². The summed E-state index contributed by atoms with van der Waals surface area (Å²) in [6.07, 6.45) is 0. The van der Waals surface area contributed by atoms with Crippen LogP contribution < -0.4 is 4.90 Å². The number of aromatic nitrogens is 3. The molecule has 25 heavy (non-hydrogen) atoms. The largest absolute Gasteiger partial charge is 0.464 e. The zero-order valence-corrected chi connectivity index (χ0v) is 15.3. The number of nitrogens with zero attached hydrogens (tertiary/aromatic N) is 4. The number of aryl methyl sites for hydroxylation is 1. The number of hydrogen-bond acceptors (Lipinski definition) is 5. The van der Waals surface area contributed by atoms with E-state index in [1.165, 1.54) is 7.11 Å². The van der Waals surface area contributed by atoms with E-state index in [2.05, 4.69) is 9.97 Å². The number of imidazole rings is 1. The third-order valence-electron chi connectivity index (χ3n) is 4.06. The fourth-order valence-corrected chi connectivity index (χ4v) is 2.87. The molecule has 0 bridgehead atoms. The number of fused-ring (bicyclic) bond motifs is 1. The van der Waals surface area contributed by atoms with Crippen molar-refractivity contribution in [2.24, 2.45) is 0 Å². The number of methoxy groups -OCH3 is 1. The first-order chi connectivity index (χ1) is 11.9. The second-order valence-corrected chi connectivity index (χ2v) is 6.35. The van der Waals surface area contributed by atoms with Gasteiger partial charge in [0.1, 0.15) is 11.3 Å². The van der Waals surface area contributed by atoms with E-state index in [0.717, 1.165) is 22.6 Å². The van der Waals surface area contributed by atoms with E-state index in [-0.39, 0.29) is 5.69 Å². The average Bonchev–Trinajstić information content (AvgIpc) is 2.90. The number of carbonyl (C=O) groups is 1. The number of pyridine rings is 1. The first-order valence-electron chi connectivity index (χ1n) is 7.78. The maximum Gasteiger partial charge on any atom is 0.356 e. The van der Waals surface area contributed by atoms with Gasteiger partial charge in [0, 0.05) is 24.8 Å². The van der Waals surface area contributed by atoms with Crippen LogP contribution in [0.5, 0.6) is 0 Å². The standard InChI is InChI=1S/C18H19ClN4O2/c1-11-20-15-7-8-16(18(24)25-4)21-17(15)23(11)10-12-5-6-13(22(2)3)9-14(12)19/h5-9H,10H2,1-4H3. The normalized spacial score (nSPS) is 10.9. The Hall–Kier alpha value is -2.60. The Morgan fingerprint density at radius 1 is 1.24 bits per heavy atom. The average molecular weight is 359 g/mol. The van der Waals surface area contributed by atoms with Gasteiger partial charge in [-0.2, -0.15) is 0 Å². The highest BCUT2D eigenvalue weighted by Gasteiger charge is 2.15. The molecule has 0 spiro atoms. The number of ether oxygens (including phenoxy) is 1. The molecule has 0 radical (unpaired) electrons. The van der Waals surface area contributed by atoms with Crippen LogP contribution in [0, 0.1) is 6.92 Å². The van der Waals surface area contributed by atoms with Gasteiger partial charge in [0.05, 0.1) is 13.7 Å². The maximum absolute atomic E-state index is 11.7. The van der Waals surface area contributed by atoms with Crippen LogP contribution in [0.25, 0.3) is 11.2 Å². The molecule has 0 N–H and O–H groups in total. The van der Waals surface area contributed by atoms with Crippen LogP contribution in [0.3, 0.4) is 0 Å². The van der Waals surface area contributed by atoms with E-state index in [0.29, 0.717) is 17.2 Å². The Morgan fingerprint density at radius 3 is 2.64 bits per heavy atom. The van der Waals surface area contributed by atoms with Crippen LogP contribution in [0.1, 0.15) is 21.9 Å². The van der Waals surface area contributed by atoms with Gasteiger partial charge in [0.2, 0.25) is 0 Å². The number of esters is 1. The predicted molar refractivity (Wildman–Crippen MR) is 98.5 cm³/mol. The van der Waals surface area contributed by atoms with E-state index in [4.69, 9.17) is 16.3 Å². The lowest BCUT2D eigenvalue weighted by Gasteiger charge is -2.15. The number of benzene rings is 1. The van der Waals surface area contributed by atoms with Crippen molar-refractivity contribution < 1.29 is 9.53 Å². The lowest BCUT2D eigenvalue weighted by molar-refractivity contribution is 0.0594. The lowest BCUT2D eigenvalue weighted by Crippen LogP contribution is -2.10. The third kappa shape index (κ3) is 3.30. The molecular weight excluding hydrogens is 340 g/mol. The van der Waals surface area contributed by atoms with Crippen molar-refractivity contribution in [3.63, 3.8) is 0 Å². The molecule has 0 atom stereocenters. The van der Waals surface area contributed by atoms with Crippen molar-refractivity contribution in [1.82, 2.24) is 14.5 Å². The summed E-state index contributed by atoms with van der Waals surface area (Å²) in [5, 5.41) is 0.677. The lowest BCUT2D eigenvalue weighted by atomic mass is 10.2. The van der Waals surface area contributed by atoms with E-state index >= 15 is 0 Å². The molecule has 0 saturated carbocycles. The van der Waals surface area contributed by atoms with Gasteiger partial charge in [-0.1, -0.05) is 17.7 Å². The zero-order valence-electron chi connectivity index (χ0n) is 14.6. The molecule has 0 aliphatic heterocycles. The van der Waals surface area contributed by atoms with Crippen LogP contribution in [0.4, 0.5) is 5.69 Å². The Kier molecular flexibility index (Phi) is 4.63. The predicted octanol–water partition coefficient (Wildman–Crippen LogP) is 3.29. The Bertz CT molecular complexity index is 950. The molecule has 3 aromatic rings. The molecule has 3 rings (SSSR count). The number of halogens is 1. The van der Waals surface area contributed by atoms with Crippen molar-refractivity contribution in [1.29, 1.82) is 0 Å². The molecule has 0 aliphatic rings. The molecule has 2 aromatic heterocycles. The number of anilines is 1. The highest BCUT2D eigenvalue weighted by molar-refractivity contribution is 6.31. The highest BCUT2D eigenvalue weighted by atomic mass is 35.5. The molecule has 0 amide bonds. The molecular formula is C18H19ClN4O2. The number of carbonyl (C=O) groups excluding carboxylic acids is 1. The van der Waals surface area contributed by atoms with Crippen molar-refractivity contribution >= 4 is 34.4 Å². The summed E-state index contributed by atoms with van der Waals surface area (Å²) in [5.41, 5.74) is 3.61. The van der Waals surface area contributed by atoms with Gasteiger partial charge in [-0.15, -0.1) is 0 Å². The molecule has 130 valence electrons. The van der Waals surface area contributed by atoms with Crippen molar-refractivity contribution in [3.8, 4) is 0 Å². The van der Waals surface area contributed by atoms with Gasteiger partial charge >= 0.3 is 5.97 Å². The van der Waals surface area contributed by atoms with E-state index in [1.807, 2.05) is 48.7 Å². The van der Waals surface area contributed by atoms with Crippen LogP contribution in [0.2, 0.25) is 5.02 Å². The van der Waals surface area contributed by atoms with Gasteiger partial charge in [-0.25, -0.2) is 14.8 Å². The summed E-state index contributed by atoms with van der Waals surface area (Å²) in [6, 6.07) is 9.33. The topological polar surface area (TPSA) is 60.2 Å². The van der Waals surface area contributed by atoms with Crippen molar-refractivity contribution in [3.05, 3.63) is 52.4 Å². The summed E-state index contributed by atoms with van der Waals surface area (Å²) < 4.78 is 6.69. The quantitative estimate of drug-likeness (QED) is 0.670.